The van der Waals surface area contributed by atoms with Crippen molar-refractivity contribution in [3.63, 3.8) is 0 Å². The van der Waals surface area contributed by atoms with Crippen LogP contribution in [0.3, 0.4) is 0 Å². The fourth-order valence-corrected chi connectivity index (χ4v) is 5.14. The Labute approximate surface area is 187 Å². The Kier molecular flexibility index (Phi) is 5.49. The molecule has 2 aliphatic rings. The highest BCUT2D eigenvalue weighted by molar-refractivity contribution is 6.02. The highest BCUT2D eigenvalue weighted by Crippen LogP contribution is 2.34. The number of hydrogen-bond acceptors (Lipinski definition) is 4. The average Bonchev–Trinajstić information content (AvgIpc) is 3.36. The number of nitrogens with zero attached hydrogens (tertiary/aromatic N) is 3. The number of fused-ring (bicyclic) bond motifs is 3. The number of carbonyl (C=O) groups is 2. The van der Waals surface area contributed by atoms with Gasteiger partial charge in [-0.25, -0.2) is 0 Å². The van der Waals surface area contributed by atoms with Crippen molar-refractivity contribution in [2.75, 3.05) is 0 Å². The van der Waals surface area contributed by atoms with Crippen molar-refractivity contribution in [3.05, 3.63) is 54.2 Å². The van der Waals surface area contributed by atoms with E-state index in [0.717, 1.165) is 36.8 Å². The van der Waals surface area contributed by atoms with E-state index in [1.807, 2.05) is 29.7 Å². The van der Waals surface area contributed by atoms with Crippen molar-refractivity contribution >= 4 is 22.9 Å². The molecule has 0 saturated heterocycles. The van der Waals surface area contributed by atoms with E-state index < -0.39 is 5.54 Å². The van der Waals surface area contributed by atoms with Crippen LogP contribution < -0.4 is 5.32 Å². The number of pyridine rings is 1. The molecule has 1 fully saturated rings. The zero-order valence-electron chi connectivity index (χ0n) is 18.5. The summed E-state index contributed by atoms with van der Waals surface area (Å²) in [5, 5.41) is 3.31. The summed E-state index contributed by atoms with van der Waals surface area (Å²) in [6, 6.07) is 7.59. The Morgan fingerprint density at radius 1 is 1.22 bits per heavy atom. The quantitative estimate of drug-likeness (QED) is 0.665. The largest absolute Gasteiger partial charge is 0.463 e. The van der Waals surface area contributed by atoms with Crippen LogP contribution in [-0.4, -0.2) is 37.8 Å². The number of carbonyl (C=O) groups excluding carboxylic acids is 2. The molecule has 5 rings (SSSR count). The lowest BCUT2D eigenvalue weighted by atomic mass is 9.91. The Morgan fingerprint density at radius 2 is 2.00 bits per heavy atom. The molecule has 0 spiro atoms. The normalized spacial score (nSPS) is 22.4. The van der Waals surface area contributed by atoms with E-state index >= 15 is 0 Å². The highest BCUT2D eigenvalue weighted by Gasteiger charge is 2.48. The van der Waals surface area contributed by atoms with Crippen LogP contribution in [0.2, 0.25) is 0 Å². The molecule has 1 N–H and O–H groups in total. The SMILES string of the molecule is CC1(C(=O)NC2CCCCCCC2)Cn2c(cc3occc32)C(=O)N1Cc1cccnc1. The Bertz CT molecular complexity index is 1110. The molecule has 3 aromatic rings. The van der Waals surface area contributed by atoms with Crippen LogP contribution in [0.1, 0.15) is 67.9 Å². The van der Waals surface area contributed by atoms with Gasteiger partial charge in [0.1, 0.15) is 11.2 Å². The van der Waals surface area contributed by atoms with Gasteiger partial charge in [0, 0.05) is 37.1 Å². The molecular weight excluding hydrogens is 404 g/mol. The summed E-state index contributed by atoms with van der Waals surface area (Å²) < 4.78 is 7.48. The van der Waals surface area contributed by atoms with Gasteiger partial charge >= 0.3 is 0 Å². The van der Waals surface area contributed by atoms with Gasteiger partial charge in [-0.05, 0) is 31.4 Å². The summed E-state index contributed by atoms with van der Waals surface area (Å²) in [6.45, 7) is 2.60. The monoisotopic (exact) mass is 434 g/mol. The van der Waals surface area contributed by atoms with E-state index in [1.165, 1.54) is 19.3 Å². The van der Waals surface area contributed by atoms with Crippen molar-refractivity contribution in [1.82, 2.24) is 19.8 Å². The summed E-state index contributed by atoms with van der Waals surface area (Å²) in [4.78, 5) is 33.3. The van der Waals surface area contributed by atoms with E-state index in [1.54, 1.807) is 29.6 Å². The number of furan rings is 1. The van der Waals surface area contributed by atoms with Gasteiger partial charge < -0.3 is 19.2 Å². The second-order valence-corrected chi connectivity index (χ2v) is 9.33. The first-order chi connectivity index (χ1) is 15.6. The van der Waals surface area contributed by atoms with Gasteiger partial charge in [-0.2, -0.15) is 0 Å². The predicted octanol–water partition coefficient (Wildman–Crippen LogP) is 4.27. The van der Waals surface area contributed by atoms with Crippen molar-refractivity contribution < 1.29 is 14.0 Å². The van der Waals surface area contributed by atoms with Crippen LogP contribution in [0.5, 0.6) is 0 Å². The maximum absolute atomic E-state index is 13.8. The second kappa shape index (κ2) is 8.45. The first-order valence-electron chi connectivity index (χ1n) is 11.6. The molecule has 0 radical (unpaired) electrons. The zero-order chi connectivity index (χ0) is 22.1. The molecule has 1 saturated carbocycles. The fraction of sp³-hybridized carbons (Fsp3) is 0.480. The van der Waals surface area contributed by atoms with Crippen LogP contribution >= 0.6 is 0 Å². The second-order valence-electron chi connectivity index (χ2n) is 9.33. The lowest BCUT2D eigenvalue weighted by Gasteiger charge is -2.44. The minimum atomic E-state index is -1.02. The summed E-state index contributed by atoms with van der Waals surface area (Å²) in [6.07, 6.45) is 13.1. The minimum absolute atomic E-state index is 0.0868. The smallest absolute Gasteiger partial charge is 0.271 e. The summed E-state index contributed by atoms with van der Waals surface area (Å²) in [5.74, 6) is -0.252. The van der Waals surface area contributed by atoms with E-state index in [4.69, 9.17) is 4.42 Å². The van der Waals surface area contributed by atoms with Gasteiger partial charge in [0.15, 0.2) is 5.58 Å². The molecule has 1 unspecified atom stereocenters. The number of nitrogens with one attached hydrogen (secondary N) is 1. The predicted molar refractivity (Wildman–Crippen MR) is 121 cm³/mol. The fourth-order valence-electron chi connectivity index (χ4n) is 5.14. The van der Waals surface area contributed by atoms with Crippen LogP contribution in [-0.2, 0) is 17.9 Å². The molecule has 1 atom stereocenters. The lowest BCUT2D eigenvalue weighted by Crippen LogP contribution is -2.64. The standard InChI is InChI=1S/C25H30N4O3/c1-25(24(31)27-19-9-5-3-2-4-6-10-19)17-28-20-11-13-32-22(20)14-21(28)23(30)29(25)16-18-8-7-12-26-15-18/h7-8,11-15,19H,2-6,9-10,16-17H2,1H3,(H,27,31). The third-order valence-corrected chi connectivity index (χ3v) is 7.04. The highest BCUT2D eigenvalue weighted by atomic mass is 16.3. The summed E-state index contributed by atoms with van der Waals surface area (Å²) >= 11 is 0. The molecule has 2 amide bonds. The van der Waals surface area contributed by atoms with Crippen molar-refractivity contribution in [1.29, 1.82) is 0 Å². The van der Waals surface area contributed by atoms with E-state index in [-0.39, 0.29) is 17.9 Å². The molecule has 7 nitrogen and oxygen atoms in total. The number of rotatable bonds is 4. The number of hydrogen-bond donors (Lipinski definition) is 1. The van der Waals surface area contributed by atoms with E-state index in [9.17, 15) is 9.59 Å². The average molecular weight is 435 g/mol. The number of amides is 2. The topological polar surface area (TPSA) is 80.4 Å². The molecule has 32 heavy (non-hydrogen) atoms. The molecule has 1 aliphatic carbocycles. The lowest BCUT2D eigenvalue weighted by molar-refractivity contribution is -0.134. The van der Waals surface area contributed by atoms with E-state index in [0.29, 0.717) is 24.4 Å². The first-order valence-corrected chi connectivity index (χ1v) is 11.6. The van der Waals surface area contributed by atoms with Crippen LogP contribution in [0, 0.1) is 0 Å². The summed E-state index contributed by atoms with van der Waals surface area (Å²) in [7, 11) is 0. The maximum atomic E-state index is 13.8. The van der Waals surface area contributed by atoms with E-state index in [2.05, 4.69) is 10.3 Å². The molecular formula is C25H30N4O3. The van der Waals surface area contributed by atoms with Crippen molar-refractivity contribution in [2.24, 2.45) is 0 Å². The molecule has 168 valence electrons. The van der Waals surface area contributed by atoms with Crippen molar-refractivity contribution in [3.8, 4) is 0 Å². The Balaban J connectivity index is 1.49. The van der Waals surface area contributed by atoms with Gasteiger partial charge in [-0.3, -0.25) is 14.6 Å². The van der Waals surface area contributed by atoms with Crippen LogP contribution in [0.4, 0.5) is 0 Å². The Morgan fingerprint density at radius 3 is 2.75 bits per heavy atom. The summed E-state index contributed by atoms with van der Waals surface area (Å²) in [5.41, 5.74) is 1.94. The maximum Gasteiger partial charge on any atom is 0.271 e. The van der Waals surface area contributed by atoms with Gasteiger partial charge in [-0.15, -0.1) is 0 Å². The number of aromatic nitrogens is 2. The van der Waals surface area contributed by atoms with Crippen molar-refractivity contribution in [2.45, 2.75) is 76.5 Å². The molecule has 7 heteroatoms. The van der Waals surface area contributed by atoms with Crippen LogP contribution in [0.15, 0.2) is 47.3 Å². The molecule has 0 aromatic carbocycles. The molecule has 4 heterocycles. The minimum Gasteiger partial charge on any atom is -0.463 e. The first kappa shape index (κ1) is 20.8. The molecule has 3 aromatic heterocycles. The molecule has 0 bridgehead atoms. The van der Waals surface area contributed by atoms with Gasteiger partial charge in [0.05, 0.1) is 18.3 Å². The van der Waals surface area contributed by atoms with Gasteiger partial charge in [0.25, 0.3) is 5.91 Å². The third kappa shape index (κ3) is 3.70. The Hall–Kier alpha value is -3.09. The third-order valence-electron chi connectivity index (χ3n) is 7.04. The zero-order valence-corrected chi connectivity index (χ0v) is 18.5. The van der Waals surface area contributed by atoms with Gasteiger partial charge in [-0.1, -0.05) is 38.2 Å². The van der Waals surface area contributed by atoms with Gasteiger partial charge in [0.2, 0.25) is 5.91 Å². The molecule has 1 aliphatic heterocycles. The van der Waals surface area contributed by atoms with Crippen LogP contribution in [0.25, 0.3) is 11.1 Å².